The first-order chi connectivity index (χ1) is 9.10. The lowest BCUT2D eigenvalue weighted by Crippen LogP contribution is -2.02. The van der Waals surface area contributed by atoms with E-state index in [1.807, 2.05) is 0 Å². The summed E-state index contributed by atoms with van der Waals surface area (Å²) in [5, 5.41) is 12.7. The molecule has 0 amide bonds. The van der Waals surface area contributed by atoms with Gasteiger partial charge in [-0.15, -0.1) is 0 Å². The first kappa shape index (κ1) is 13.7. The van der Waals surface area contributed by atoms with Crippen molar-refractivity contribution in [3.05, 3.63) is 52.3 Å². The number of phenolic OH excluding ortho intramolecular Hbond substituents is 1. The number of hydrogen-bond donors (Lipinski definition) is 2. The predicted molar refractivity (Wildman–Crippen MR) is 76.1 cm³/mol. The molecule has 2 rings (SSSR count). The summed E-state index contributed by atoms with van der Waals surface area (Å²) in [7, 11) is 1.53. The van der Waals surface area contributed by atoms with Crippen LogP contribution in [-0.2, 0) is 6.54 Å². The molecule has 2 N–H and O–H groups in total. The van der Waals surface area contributed by atoms with E-state index in [4.69, 9.17) is 4.74 Å². The van der Waals surface area contributed by atoms with E-state index in [9.17, 15) is 9.50 Å². The van der Waals surface area contributed by atoms with E-state index in [1.54, 1.807) is 24.3 Å². The van der Waals surface area contributed by atoms with Crippen LogP contribution in [0.3, 0.4) is 0 Å². The van der Waals surface area contributed by atoms with Gasteiger partial charge >= 0.3 is 0 Å². The summed E-state index contributed by atoms with van der Waals surface area (Å²) in [5.41, 5.74) is 1.05. The molecule has 100 valence electrons. The smallest absolute Gasteiger partial charge is 0.146 e. The van der Waals surface area contributed by atoms with Crippen molar-refractivity contribution < 1.29 is 14.2 Å². The third-order valence-electron chi connectivity index (χ3n) is 2.69. The molecule has 0 aliphatic carbocycles. The zero-order valence-electron chi connectivity index (χ0n) is 10.3. The summed E-state index contributed by atoms with van der Waals surface area (Å²) in [6, 6.07) is 9.65. The van der Waals surface area contributed by atoms with E-state index in [0.717, 1.165) is 4.47 Å². The zero-order chi connectivity index (χ0) is 13.8. The van der Waals surface area contributed by atoms with Crippen molar-refractivity contribution in [3.63, 3.8) is 0 Å². The van der Waals surface area contributed by atoms with Gasteiger partial charge in [0.2, 0.25) is 0 Å². The normalized spacial score (nSPS) is 10.3. The Kier molecular flexibility index (Phi) is 4.27. The Labute approximate surface area is 119 Å². The highest BCUT2D eigenvalue weighted by Gasteiger charge is 2.06. The van der Waals surface area contributed by atoms with E-state index in [2.05, 4.69) is 21.2 Å². The van der Waals surface area contributed by atoms with Crippen LogP contribution >= 0.6 is 15.9 Å². The van der Waals surface area contributed by atoms with Crippen molar-refractivity contribution in [2.75, 3.05) is 12.4 Å². The maximum Gasteiger partial charge on any atom is 0.146 e. The molecule has 3 nitrogen and oxygen atoms in total. The number of halogens is 2. The van der Waals surface area contributed by atoms with Crippen molar-refractivity contribution >= 4 is 21.6 Å². The third kappa shape index (κ3) is 3.38. The highest BCUT2D eigenvalue weighted by Crippen LogP contribution is 2.25. The summed E-state index contributed by atoms with van der Waals surface area (Å²) in [4.78, 5) is 0. The molecule has 19 heavy (non-hydrogen) atoms. The van der Waals surface area contributed by atoms with Crippen LogP contribution in [0.1, 0.15) is 5.56 Å². The molecule has 0 bridgehead atoms. The molecule has 0 aliphatic heterocycles. The van der Waals surface area contributed by atoms with Gasteiger partial charge in [-0.25, -0.2) is 4.39 Å². The Balaban J connectivity index is 2.12. The molecule has 0 radical (unpaired) electrons. The van der Waals surface area contributed by atoms with Crippen molar-refractivity contribution in [2.24, 2.45) is 0 Å². The second-order valence-electron chi connectivity index (χ2n) is 3.97. The molecule has 0 atom stereocenters. The maximum absolute atomic E-state index is 13.5. The van der Waals surface area contributed by atoms with Crippen LogP contribution in [0.15, 0.2) is 40.9 Å². The van der Waals surface area contributed by atoms with Gasteiger partial charge in [0.05, 0.1) is 12.8 Å². The molecule has 2 aromatic carbocycles. The summed E-state index contributed by atoms with van der Waals surface area (Å²) >= 11 is 3.28. The number of methoxy groups -OCH3 is 1. The number of aromatic hydroxyl groups is 1. The second-order valence-corrected chi connectivity index (χ2v) is 4.89. The van der Waals surface area contributed by atoms with Crippen LogP contribution < -0.4 is 10.1 Å². The van der Waals surface area contributed by atoms with Gasteiger partial charge in [0.25, 0.3) is 0 Å². The van der Waals surface area contributed by atoms with E-state index in [1.165, 1.54) is 19.2 Å². The Morgan fingerprint density at radius 2 is 2.05 bits per heavy atom. The fourth-order valence-electron chi connectivity index (χ4n) is 1.64. The summed E-state index contributed by atoms with van der Waals surface area (Å²) in [6.45, 7) is 0.323. The SMILES string of the molecule is COc1ccc(CNc2cc(Br)ccc2F)c(O)c1. The van der Waals surface area contributed by atoms with Gasteiger partial charge in [0, 0.05) is 22.6 Å². The molecule has 5 heteroatoms. The quantitative estimate of drug-likeness (QED) is 0.895. The van der Waals surface area contributed by atoms with Crippen molar-refractivity contribution in [1.29, 1.82) is 0 Å². The molecule has 0 spiro atoms. The van der Waals surface area contributed by atoms with Crippen LogP contribution in [0.5, 0.6) is 11.5 Å². The van der Waals surface area contributed by atoms with Gasteiger partial charge in [0.15, 0.2) is 0 Å². The molecular weight excluding hydrogens is 313 g/mol. The molecule has 0 aliphatic rings. The van der Waals surface area contributed by atoms with Gasteiger partial charge in [0.1, 0.15) is 17.3 Å². The highest BCUT2D eigenvalue weighted by molar-refractivity contribution is 9.10. The number of ether oxygens (including phenoxy) is 1. The van der Waals surface area contributed by atoms with Crippen LogP contribution in [0.2, 0.25) is 0 Å². The van der Waals surface area contributed by atoms with Gasteiger partial charge < -0.3 is 15.2 Å². The lowest BCUT2D eigenvalue weighted by Gasteiger charge is -2.10. The minimum Gasteiger partial charge on any atom is -0.507 e. The van der Waals surface area contributed by atoms with Gasteiger partial charge in [-0.3, -0.25) is 0 Å². The fraction of sp³-hybridized carbons (Fsp3) is 0.143. The predicted octanol–water partition coefficient (Wildman–Crippen LogP) is 3.91. The number of anilines is 1. The number of nitrogens with one attached hydrogen (secondary N) is 1. The number of benzene rings is 2. The molecule has 0 saturated heterocycles. The Bertz CT molecular complexity index is 590. The average molecular weight is 326 g/mol. The monoisotopic (exact) mass is 325 g/mol. The third-order valence-corrected chi connectivity index (χ3v) is 3.18. The fourth-order valence-corrected chi connectivity index (χ4v) is 2.00. The Morgan fingerprint density at radius 3 is 2.74 bits per heavy atom. The van der Waals surface area contributed by atoms with Crippen LogP contribution in [-0.4, -0.2) is 12.2 Å². The molecule has 2 aromatic rings. The van der Waals surface area contributed by atoms with E-state index in [-0.39, 0.29) is 11.6 Å². The van der Waals surface area contributed by atoms with Gasteiger partial charge in [-0.2, -0.15) is 0 Å². The van der Waals surface area contributed by atoms with E-state index in [0.29, 0.717) is 23.5 Å². The largest absolute Gasteiger partial charge is 0.507 e. The number of rotatable bonds is 4. The second kappa shape index (κ2) is 5.93. The summed E-state index contributed by atoms with van der Waals surface area (Å²) in [5.74, 6) is 0.355. The standard InChI is InChI=1S/C14H13BrFNO2/c1-19-11-4-2-9(14(18)7-11)8-17-13-6-10(15)3-5-12(13)16/h2-7,17-18H,8H2,1H3. The molecule has 0 aromatic heterocycles. The van der Waals surface area contributed by atoms with Crippen molar-refractivity contribution in [2.45, 2.75) is 6.54 Å². The van der Waals surface area contributed by atoms with E-state index < -0.39 is 0 Å². The number of phenols is 1. The molecular formula is C14H13BrFNO2. The molecule has 0 unspecified atom stereocenters. The first-order valence-corrected chi connectivity index (χ1v) is 6.44. The van der Waals surface area contributed by atoms with Crippen molar-refractivity contribution in [3.8, 4) is 11.5 Å². The number of hydrogen-bond acceptors (Lipinski definition) is 3. The molecule has 0 heterocycles. The van der Waals surface area contributed by atoms with Crippen LogP contribution in [0.25, 0.3) is 0 Å². The maximum atomic E-state index is 13.5. The lowest BCUT2D eigenvalue weighted by atomic mass is 10.2. The molecule has 0 saturated carbocycles. The zero-order valence-corrected chi connectivity index (χ0v) is 11.9. The van der Waals surface area contributed by atoms with Gasteiger partial charge in [-0.1, -0.05) is 15.9 Å². The highest BCUT2D eigenvalue weighted by atomic mass is 79.9. The minimum absolute atomic E-state index is 0.113. The molecule has 0 fully saturated rings. The first-order valence-electron chi connectivity index (χ1n) is 5.65. The van der Waals surface area contributed by atoms with Crippen molar-refractivity contribution in [1.82, 2.24) is 0 Å². The summed E-state index contributed by atoms with van der Waals surface area (Å²) in [6.07, 6.45) is 0. The van der Waals surface area contributed by atoms with Crippen LogP contribution in [0.4, 0.5) is 10.1 Å². The topological polar surface area (TPSA) is 41.5 Å². The average Bonchev–Trinajstić information content (AvgIpc) is 2.40. The lowest BCUT2D eigenvalue weighted by molar-refractivity contribution is 0.406. The summed E-state index contributed by atoms with van der Waals surface area (Å²) < 4.78 is 19.3. The Hall–Kier alpha value is -1.75. The van der Waals surface area contributed by atoms with Gasteiger partial charge in [-0.05, 0) is 30.3 Å². The van der Waals surface area contributed by atoms with Crippen LogP contribution in [0, 0.1) is 5.82 Å². The van der Waals surface area contributed by atoms with E-state index >= 15 is 0 Å². The Morgan fingerprint density at radius 1 is 1.26 bits per heavy atom. The minimum atomic E-state index is -0.337.